The van der Waals surface area contributed by atoms with Crippen LogP contribution in [-0.4, -0.2) is 12.5 Å². The zero-order valence-corrected chi connectivity index (χ0v) is 31.2. The van der Waals surface area contributed by atoms with Gasteiger partial charge in [-0.15, -0.1) is 0 Å². The van der Waals surface area contributed by atoms with Crippen LogP contribution >= 0.6 is 0 Å². The lowest BCUT2D eigenvalue weighted by atomic mass is 9.79. The molecule has 5 aromatic carbocycles. The quantitative estimate of drug-likeness (QED) is 0.175. The Morgan fingerprint density at radius 3 is 1.41 bits per heavy atom. The minimum atomic E-state index is -0.0115. The Hall–Kier alpha value is -4.63. The van der Waals surface area contributed by atoms with E-state index in [0.717, 1.165) is 17.1 Å². The zero-order chi connectivity index (χ0) is 35.1. The Morgan fingerprint density at radius 2 is 0.980 bits per heavy atom. The van der Waals surface area contributed by atoms with Gasteiger partial charge in [0.1, 0.15) is 6.67 Å². The fourth-order valence-electron chi connectivity index (χ4n) is 6.73. The molecule has 1 aliphatic rings. The van der Waals surface area contributed by atoms with Gasteiger partial charge in [0.15, 0.2) is 5.84 Å². The average Bonchev–Trinajstić information content (AvgIpc) is 3.53. The first kappa shape index (κ1) is 34.2. The van der Waals surface area contributed by atoms with Crippen molar-refractivity contribution in [3.8, 4) is 22.3 Å². The molecular weight excluding hydrogens is 595 g/mol. The van der Waals surface area contributed by atoms with E-state index in [0.29, 0.717) is 18.5 Å². The molecule has 49 heavy (non-hydrogen) atoms. The van der Waals surface area contributed by atoms with E-state index in [1.807, 2.05) is 0 Å². The minimum Gasteiger partial charge on any atom is -0.304 e. The molecule has 3 nitrogen and oxygen atoms in total. The molecule has 0 N–H and O–H groups in total. The maximum absolute atomic E-state index is 5.60. The maximum atomic E-state index is 5.60. The Labute approximate surface area is 295 Å². The molecule has 6 rings (SSSR count). The van der Waals surface area contributed by atoms with E-state index >= 15 is 0 Å². The van der Waals surface area contributed by atoms with E-state index < -0.39 is 0 Å². The lowest BCUT2D eigenvalue weighted by molar-refractivity contribution is 0.568. The van der Waals surface area contributed by atoms with Crippen molar-refractivity contribution < 1.29 is 0 Å². The monoisotopic (exact) mass is 647 g/mol. The molecule has 0 radical (unpaired) electrons. The number of hydrogen-bond acceptors (Lipinski definition) is 3. The zero-order valence-electron chi connectivity index (χ0n) is 31.2. The number of anilines is 2. The van der Waals surface area contributed by atoms with Crippen molar-refractivity contribution in [2.24, 2.45) is 5.10 Å². The molecule has 252 valence electrons. The molecule has 0 spiro atoms. The van der Waals surface area contributed by atoms with Gasteiger partial charge in [-0.25, -0.2) is 5.01 Å². The summed E-state index contributed by atoms with van der Waals surface area (Å²) in [6, 6.07) is 42.4. The Bertz CT molecular complexity index is 1840. The summed E-state index contributed by atoms with van der Waals surface area (Å²) in [5, 5.41) is 7.88. The van der Waals surface area contributed by atoms with Gasteiger partial charge in [0, 0.05) is 11.3 Å². The molecule has 0 unspecified atom stereocenters. The van der Waals surface area contributed by atoms with Gasteiger partial charge in [-0.3, -0.25) is 0 Å². The van der Waals surface area contributed by atoms with Gasteiger partial charge in [-0.05, 0) is 97.5 Å². The van der Waals surface area contributed by atoms with Gasteiger partial charge >= 0.3 is 0 Å². The van der Waals surface area contributed by atoms with Crippen molar-refractivity contribution in [3.63, 3.8) is 0 Å². The Kier molecular flexibility index (Phi) is 9.33. The van der Waals surface area contributed by atoms with Crippen LogP contribution in [0.5, 0.6) is 0 Å². The minimum absolute atomic E-state index is 0.0115. The van der Waals surface area contributed by atoms with Crippen LogP contribution in [0.1, 0.15) is 109 Å². The highest BCUT2D eigenvalue weighted by molar-refractivity contribution is 6.13. The highest BCUT2D eigenvalue weighted by atomic mass is 15.6. The van der Waals surface area contributed by atoms with E-state index in [-0.39, 0.29) is 10.8 Å². The second kappa shape index (κ2) is 13.3. The SMILES string of the molecule is CC(C)c1cccc(C(C)C)c1N1CN(c2cc(-c3ccccc3)cc(-c3ccccc3)c2)C(c2cc(C(C)(C)C)cc(C(C)(C)C)c2)=N1. The summed E-state index contributed by atoms with van der Waals surface area (Å²) in [6.45, 7) is 23.6. The summed E-state index contributed by atoms with van der Waals surface area (Å²) < 4.78 is 0. The molecule has 0 saturated heterocycles. The first-order chi connectivity index (χ1) is 23.2. The number of benzene rings is 5. The molecular formula is C46H53N3. The molecule has 3 heteroatoms. The molecule has 1 aliphatic heterocycles. The lowest BCUT2D eigenvalue weighted by Gasteiger charge is -2.28. The first-order valence-electron chi connectivity index (χ1n) is 17.9. The van der Waals surface area contributed by atoms with Gasteiger partial charge in [0.2, 0.25) is 0 Å². The van der Waals surface area contributed by atoms with Gasteiger partial charge in [0.05, 0.1) is 5.69 Å². The molecule has 0 atom stereocenters. The number of para-hydroxylation sites is 1. The lowest BCUT2D eigenvalue weighted by Crippen LogP contribution is -2.32. The second-order valence-corrected chi connectivity index (χ2v) is 16.3. The van der Waals surface area contributed by atoms with Crippen molar-refractivity contribution >= 4 is 17.2 Å². The second-order valence-electron chi connectivity index (χ2n) is 16.3. The molecule has 0 aromatic heterocycles. The van der Waals surface area contributed by atoms with Crippen molar-refractivity contribution in [2.45, 2.75) is 91.9 Å². The van der Waals surface area contributed by atoms with Crippen LogP contribution in [0.3, 0.4) is 0 Å². The number of hydrazone groups is 1. The predicted molar refractivity (Wildman–Crippen MR) is 212 cm³/mol. The standard InChI is InChI=1S/C46H53N3/c1-31(2)41-22-17-23-42(32(3)4)43(41)49-30-48(44(47-49)37-25-38(45(5,6)7)29-39(26-37)46(8,9)10)40-27-35(33-18-13-11-14-19-33)24-36(28-40)34-20-15-12-16-21-34/h11-29,31-32H,30H2,1-10H3. The van der Waals surface area contributed by atoms with Crippen LogP contribution in [0.25, 0.3) is 22.3 Å². The first-order valence-corrected chi connectivity index (χ1v) is 17.9. The van der Waals surface area contributed by atoms with Crippen molar-refractivity contribution in [2.75, 3.05) is 16.6 Å². The van der Waals surface area contributed by atoms with Crippen LogP contribution in [0, 0.1) is 0 Å². The highest BCUT2D eigenvalue weighted by Crippen LogP contribution is 2.41. The smallest absolute Gasteiger partial charge is 0.162 e. The van der Waals surface area contributed by atoms with Crippen molar-refractivity contribution in [3.05, 3.63) is 143 Å². The summed E-state index contributed by atoms with van der Waals surface area (Å²) in [6.07, 6.45) is 0. The van der Waals surface area contributed by atoms with Gasteiger partial charge < -0.3 is 4.90 Å². The summed E-state index contributed by atoms with van der Waals surface area (Å²) in [7, 11) is 0. The summed E-state index contributed by atoms with van der Waals surface area (Å²) in [5.74, 6) is 1.71. The fourth-order valence-corrected chi connectivity index (χ4v) is 6.73. The molecule has 0 aliphatic carbocycles. The summed E-state index contributed by atoms with van der Waals surface area (Å²) in [5.41, 5.74) is 13.6. The fraction of sp³-hybridized carbons (Fsp3) is 0.326. The van der Waals surface area contributed by atoms with Gasteiger partial charge in [0.25, 0.3) is 0 Å². The van der Waals surface area contributed by atoms with Crippen LogP contribution in [0.2, 0.25) is 0 Å². The summed E-state index contributed by atoms with van der Waals surface area (Å²) in [4.78, 5) is 2.44. The number of hydrogen-bond donors (Lipinski definition) is 0. The Morgan fingerprint density at radius 1 is 0.510 bits per heavy atom. The third-order valence-electron chi connectivity index (χ3n) is 9.71. The third kappa shape index (κ3) is 7.22. The van der Waals surface area contributed by atoms with E-state index in [2.05, 4.69) is 194 Å². The van der Waals surface area contributed by atoms with Crippen LogP contribution in [0.15, 0.2) is 120 Å². The van der Waals surface area contributed by atoms with Crippen molar-refractivity contribution in [1.29, 1.82) is 0 Å². The molecule has 0 saturated carbocycles. The van der Waals surface area contributed by atoms with E-state index in [4.69, 9.17) is 5.10 Å². The average molecular weight is 648 g/mol. The molecule has 1 heterocycles. The van der Waals surface area contributed by atoms with Gasteiger partial charge in [-0.2, -0.15) is 5.10 Å². The largest absolute Gasteiger partial charge is 0.304 e. The van der Waals surface area contributed by atoms with Crippen molar-refractivity contribution in [1.82, 2.24) is 0 Å². The third-order valence-corrected chi connectivity index (χ3v) is 9.71. The maximum Gasteiger partial charge on any atom is 0.162 e. The number of nitrogens with zero attached hydrogens (tertiary/aromatic N) is 3. The number of rotatable bonds is 7. The molecule has 0 fully saturated rings. The van der Waals surface area contributed by atoms with Gasteiger partial charge in [-0.1, -0.05) is 154 Å². The number of amidine groups is 1. The van der Waals surface area contributed by atoms with Crippen LogP contribution in [0.4, 0.5) is 11.4 Å². The van der Waals surface area contributed by atoms with E-state index in [9.17, 15) is 0 Å². The molecule has 0 amide bonds. The highest BCUT2D eigenvalue weighted by Gasteiger charge is 2.32. The van der Waals surface area contributed by atoms with Crippen LogP contribution in [-0.2, 0) is 10.8 Å². The van der Waals surface area contributed by atoms with E-state index in [1.165, 1.54) is 50.2 Å². The Balaban J connectivity index is 1.62. The summed E-state index contributed by atoms with van der Waals surface area (Å²) >= 11 is 0. The molecule has 0 bridgehead atoms. The molecule has 5 aromatic rings. The normalized spacial score (nSPS) is 13.8. The topological polar surface area (TPSA) is 18.8 Å². The predicted octanol–water partition coefficient (Wildman–Crippen LogP) is 12.5. The van der Waals surface area contributed by atoms with Crippen LogP contribution < -0.4 is 9.91 Å². The van der Waals surface area contributed by atoms with E-state index in [1.54, 1.807) is 0 Å².